The summed E-state index contributed by atoms with van der Waals surface area (Å²) in [6.07, 6.45) is 14.7. The molecule has 4 aliphatic rings. The van der Waals surface area contributed by atoms with Crippen LogP contribution < -0.4 is 22.9 Å². The summed E-state index contributed by atoms with van der Waals surface area (Å²) < 4.78 is 52.6. The van der Waals surface area contributed by atoms with Crippen LogP contribution in [0.1, 0.15) is 103 Å². The van der Waals surface area contributed by atoms with Crippen LogP contribution in [0.2, 0.25) is 0 Å². The highest BCUT2D eigenvalue weighted by molar-refractivity contribution is 7.15. The van der Waals surface area contributed by atoms with Gasteiger partial charge in [-0.15, -0.1) is 11.3 Å². The first kappa shape index (κ1) is 74.4. The van der Waals surface area contributed by atoms with E-state index in [1.54, 1.807) is 129 Å². The molecular formula is C79H75F4N21O4S. The Morgan fingerprint density at radius 2 is 0.835 bits per heavy atom. The summed E-state index contributed by atoms with van der Waals surface area (Å²) in [4.78, 5) is 106. The maximum Gasteiger partial charge on any atom is 0.280 e. The van der Waals surface area contributed by atoms with Gasteiger partial charge in [0.15, 0.2) is 0 Å². The number of halogens is 4. The molecule has 0 fully saturated rings. The second-order valence-corrected chi connectivity index (χ2v) is 27.6. The number of hydrogen-bond acceptors (Lipinski definition) is 21. The number of thiazole rings is 1. The first-order valence-corrected chi connectivity index (χ1v) is 35.7. The maximum absolute atomic E-state index is 12.8. The fourth-order valence-corrected chi connectivity index (χ4v) is 13.6. The van der Waals surface area contributed by atoms with Gasteiger partial charge in [0.05, 0.1) is 123 Å². The molecule has 0 saturated heterocycles. The van der Waals surface area contributed by atoms with Gasteiger partial charge >= 0.3 is 0 Å². The molecule has 16 rings (SSSR count). The molecule has 30 heteroatoms. The Morgan fingerprint density at radius 1 is 0.450 bits per heavy atom. The van der Waals surface area contributed by atoms with Gasteiger partial charge < -0.3 is 42.5 Å². The number of carbonyl (C=O) groups excluding carboxylic acids is 4. The number of nitrogens with two attached hydrogens (primary N) is 4. The molecule has 109 heavy (non-hydrogen) atoms. The maximum atomic E-state index is 12.8. The van der Waals surface area contributed by atoms with Gasteiger partial charge in [-0.1, -0.05) is 6.92 Å². The number of pyridine rings is 10. The topological polar surface area (TPSA) is 345 Å². The lowest BCUT2D eigenvalue weighted by atomic mass is 10.1. The number of amides is 4. The molecule has 16 heterocycles. The first-order valence-electron chi connectivity index (χ1n) is 34.9. The van der Waals surface area contributed by atoms with Crippen LogP contribution in [0, 0.1) is 6.92 Å². The van der Waals surface area contributed by atoms with Crippen LogP contribution in [-0.4, -0.2) is 114 Å². The molecule has 0 unspecified atom stereocenters. The first-order chi connectivity index (χ1) is 52.6. The van der Waals surface area contributed by atoms with Crippen LogP contribution in [0.5, 0.6) is 0 Å². The zero-order chi connectivity index (χ0) is 76.4. The van der Waals surface area contributed by atoms with Crippen molar-refractivity contribution in [3.05, 3.63) is 261 Å². The largest absolute Gasteiger partial charge is 0.397 e. The fraction of sp³-hybridized carbons (Fsp3) is 0.241. The number of carbonyl (C=O) groups is 4. The molecule has 25 nitrogen and oxygen atoms in total. The monoisotopic (exact) mass is 1490 g/mol. The van der Waals surface area contributed by atoms with Crippen molar-refractivity contribution in [2.45, 2.75) is 118 Å². The van der Waals surface area contributed by atoms with Gasteiger partial charge in [-0.25, -0.2) is 27.5 Å². The number of nitrogens with zero attached hydrogens (tertiary/aromatic N) is 17. The number of fused-ring (bicyclic) bond motifs is 4. The van der Waals surface area contributed by atoms with E-state index in [9.17, 15) is 36.7 Å². The fourth-order valence-electron chi connectivity index (χ4n) is 12.8. The van der Waals surface area contributed by atoms with Crippen molar-refractivity contribution >= 4 is 57.7 Å². The molecule has 4 aliphatic heterocycles. The van der Waals surface area contributed by atoms with E-state index in [1.807, 2.05) is 73.7 Å². The molecular weight excluding hydrogens is 1420 g/mol. The summed E-state index contributed by atoms with van der Waals surface area (Å²) in [6, 6.07) is 30.6. The predicted octanol–water partition coefficient (Wildman–Crippen LogP) is 10.8. The third-order valence-corrected chi connectivity index (χ3v) is 19.6. The van der Waals surface area contributed by atoms with Crippen molar-refractivity contribution in [3.63, 3.8) is 0 Å². The van der Waals surface area contributed by atoms with E-state index in [0.717, 1.165) is 83.6 Å². The lowest BCUT2D eigenvalue weighted by molar-refractivity contribution is -0.131. The van der Waals surface area contributed by atoms with Crippen molar-refractivity contribution in [1.29, 1.82) is 0 Å². The number of hydrogen-bond donors (Lipinski definition) is 4. The smallest absolute Gasteiger partial charge is 0.280 e. The zero-order valence-corrected chi connectivity index (χ0v) is 60.5. The van der Waals surface area contributed by atoms with Gasteiger partial charge in [0.25, 0.3) is 6.43 Å². The minimum Gasteiger partial charge on any atom is -0.397 e. The highest BCUT2D eigenvalue weighted by Crippen LogP contribution is 2.33. The van der Waals surface area contributed by atoms with Crippen molar-refractivity contribution < 1.29 is 36.7 Å². The third-order valence-electron chi connectivity index (χ3n) is 18.7. The summed E-state index contributed by atoms with van der Waals surface area (Å²) in [5.41, 5.74) is 42.5. The third kappa shape index (κ3) is 18.2. The van der Waals surface area contributed by atoms with Crippen LogP contribution in [-0.2, 0) is 117 Å². The van der Waals surface area contributed by atoms with Crippen molar-refractivity contribution in [1.82, 2.24) is 84.2 Å². The van der Waals surface area contributed by atoms with Gasteiger partial charge in [-0.2, -0.15) is 5.10 Å². The Hall–Kier alpha value is -12.9. The summed E-state index contributed by atoms with van der Waals surface area (Å²) >= 11 is 1.57. The lowest BCUT2D eigenvalue weighted by Gasteiger charge is -2.16. The van der Waals surface area contributed by atoms with Crippen molar-refractivity contribution in [2.24, 2.45) is 7.05 Å². The number of nitrogen functional groups attached to an aromatic ring is 4. The van der Waals surface area contributed by atoms with Crippen LogP contribution in [0.4, 0.5) is 40.3 Å². The van der Waals surface area contributed by atoms with E-state index in [0.29, 0.717) is 114 Å². The summed E-state index contributed by atoms with van der Waals surface area (Å²) in [5, 5.41) is 5.36. The minimum absolute atomic E-state index is 0.0116. The Bertz CT molecular complexity index is 5310. The van der Waals surface area contributed by atoms with E-state index in [4.69, 9.17) is 22.9 Å². The number of aromatic nitrogens is 13. The highest BCUT2D eigenvalue weighted by Gasteiger charge is 2.31. The standard InChI is InChI=1S/C21H19F2N5O.C21H21N5O.C20H17F2N5O.C17H18N6OS/c22-20(23)7-16-6-14-11-28(12-15(14)10-26-16)21(29)8-19-17(24)3-4-18(27-19)13-2-1-5-25-9-13;1-2-17-8-15-12-26(13-16(15)11-24-17)21(27)9-20-18(22)5-6-19(25-20)14-4-3-7-23-10-14;21-20(22)18-6-13-10-27(11-14(13)9-25-18)19(28)7-17-15(23)3-4-16(26-17)12-2-1-5-24-8-12;1-10-19-6-16(25-10)13-4-3-12(18)14(20-13)5-17(24)23-8-11-7-22(2)21-15(11)9-23/h1-6,9-10,20H,7-8,11-12,24H2;3-8,10-11H,2,9,12-13,22H2,1H3;1-6,8-9,20H,7,10-11,23H2;3-4,6-7H,5,8-9,18H2,1-2H3. The predicted molar refractivity (Wildman–Crippen MR) is 402 cm³/mol. The highest BCUT2D eigenvalue weighted by atomic mass is 32.1. The molecule has 0 saturated carbocycles. The van der Waals surface area contributed by atoms with Gasteiger partial charge in [-0.3, -0.25) is 68.7 Å². The lowest BCUT2D eigenvalue weighted by Crippen LogP contribution is -2.28. The Balaban J connectivity index is 0.000000128. The summed E-state index contributed by atoms with van der Waals surface area (Å²) in [6.45, 7) is 7.77. The van der Waals surface area contributed by atoms with E-state index < -0.39 is 12.9 Å². The molecule has 0 atom stereocenters. The van der Waals surface area contributed by atoms with E-state index in [2.05, 4.69) is 72.9 Å². The average molecular weight is 1490 g/mol. The van der Waals surface area contributed by atoms with E-state index in [-0.39, 0.29) is 68.0 Å². The second kappa shape index (κ2) is 33.3. The van der Waals surface area contributed by atoms with Crippen LogP contribution >= 0.6 is 11.3 Å². The summed E-state index contributed by atoms with van der Waals surface area (Å²) in [5.74, 6) is -0.263. The molecule has 4 amide bonds. The molecule has 0 spiro atoms. The number of rotatable bonds is 16. The minimum atomic E-state index is -2.63. The molecule has 0 bridgehead atoms. The van der Waals surface area contributed by atoms with Crippen LogP contribution in [0.15, 0.2) is 171 Å². The number of anilines is 4. The van der Waals surface area contributed by atoms with E-state index >= 15 is 0 Å². The Labute approximate surface area is 628 Å². The molecule has 0 aliphatic carbocycles. The molecule has 12 aromatic rings. The quantitative estimate of drug-likeness (QED) is 0.0653. The van der Waals surface area contributed by atoms with Crippen LogP contribution in [0.3, 0.4) is 0 Å². The number of alkyl halides is 4. The van der Waals surface area contributed by atoms with Crippen LogP contribution in [0.25, 0.3) is 44.3 Å². The number of aryl methyl sites for hydroxylation is 3. The SMILES string of the molecule is CCc1cc2c(cn1)CN(C(=O)Cc1nc(-c3cccnc3)ccc1N)C2.Cc1ncc(-c2ccc(N)c(CC(=O)N3Cc4cn(C)nc4C3)n2)s1.Nc1ccc(-c2cccnc2)nc1CC(=O)N1Cc2cnc(C(F)F)cc2C1.Nc1ccc(-c2cccnc2)nc1CC(=O)N1Cc2cnc(CC(F)F)cc2C1. The Morgan fingerprint density at radius 3 is 1.23 bits per heavy atom. The van der Waals surface area contributed by atoms with E-state index in [1.165, 1.54) is 17.8 Å². The molecule has 554 valence electrons. The van der Waals surface area contributed by atoms with Crippen molar-refractivity contribution in [2.75, 3.05) is 22.9 Å². The Kier molecular flexibility index (Phi) is 22.7. The summed E-state index contributed by atoms with van der Waals surface area (Å²) in [7, 11) is 1.89. The van der Waals surface area contributed by atoms with Gasteiger partial charge in [-0.05, 0) is 150 Å². The van der Waals surface area contributed by atoms with Gasteiger partial charge in [0.2, 0.25) is 30.1 Å². The molecule has 0 radical (unpaired) electrons. The molecule has 8 N–H and O–H groups in total. The van der Waals surface area contributed by atoms with Gasteiger partial charge in [0.1, 0.15) is 5.69 Å². The normalized spacial score (nSPS) is 13.0. The van der Waals surface area contributed by atoms with Crippen molar-refractivity contribution in [3.8, 4) is 44.3 Å². The molecule has 12 aromatic heterocycles. The average Bonchev–Trinajstić information content (AvgIpc) is 1.63. The molecule has 0 aromatic carbocycles. The second-order valence-electron chi connectivity index (χ2n) is 26.4. The zero-order valence-electron chi connectivity index (χ0n) is 59.7. The van der Waals surface area contributed by atoms with Gasteiger partial charge in [0, 0.05) is 155 Å².